The molecule has 0 aromatic heterocycles. The Kier molecular flexibility index (Phi) is 2.61. The molecule has 0 aromatic carbocycles. The molecule has 1 fully saturated rings. The monoisotopic (exact) mass is 166 g/mol. The van der Waals surface area contributed by atoms with Gasteiger partial charge in [-0.1, -0.05) is 65.4 Å². The molecular weight excluding hydrogens is 143 g/mol. The standard InChI is InChI=1S/C11H23B/c1-10(2,3)12-8-6-11(4,5)7-9-12/h6-9H2,1-5H3. The second kappa shape index (κ2) is 3.08. The van der Waals surface area contributed by atoms with E-state index in [0.717, 1.165) is 6.71 Å². The molecule has 0 aromatic rings. The van der Waals surface area contributed by atoms with Gasteiger partial charge >= 0.3 is 0 Å². The molecule has 1 rings (SSSR count). The van der Waals surface area contributed by atoms with Crippen LogP contribution in [0.25, 0.3) is 0 Å². The summed E-state index contributed by atoms with van der Waals surface area (Å²) in [4.78, 5) is 0. The van der Waals surface area contributed by atoms with Gasteiger partial charge in [0.15, 0.2) is 0 Å². The van der Waals surface area contributed by atoms with Crippen molar-refractivity contribution >= 4 is 6.71 Å². The first-order chi connectivity index (χ1) is 5.31. The molecule has 1 heteroatoms. The van der Waals surface area contributed by atoms with Crippen LogP contribution in [0.4, 0.5) is 0 Å². The summed E-state index contributed by atoms with van der Waals surface area (Å²) in [6.07, 6.45) is 5.73. The molecule has 0 nitrogen and oxygen atoms in total. The maximum atomic E-state index is 2.41. The highest BCUT2D eigenvalue weighted by molar-refractivity contribution is 6.62. The molecule has 0 amide bonds. The summed E-state index contributed by atoms with van der Waals surface area (Å²) in [6, 6.07) is 0. The molecule has 0 aliphatic carbocycles. The van der Waals surface area contributed by atoms with Crippen LogP contribution in [0, 0.1) is 5.41 Å². The lowest BCUT2D eigenvalue weighted by molar-refractivity contribution is 0.319. The van der Waals surface area contributed by atoms with E-state index >= 15 is 0 Å². The van der Waals surface area contributed by atoms with Gasteiger partial charge in [-0.25, -0.2) is 0 Å². The van der Waals surface area contributed by atoms with Crippen LogP contribution in [0.3, 0.4) is 0 Å². The van der Waals surface area contributed by atoms with Crippen LogP contribution in [-0.4, -0.2) is 6.71 Å². The second-order valence-electron chi connectivity index (χ2n) is 6.30. The van der Waals surface area contributed by atoms with Gasteiger partial charge in [-0.05, 0) is 5.41 Å². The largest absolute Gasteiger partial charge is 0.145 e. The third kappa shape index (κ3) is 2.53. The Balaban J connectivity index is 2.47. The first kappa shape index (κ1) is 10.1. The van der Waals surface area contributed by atoms with E-state index in [2.05, 4.69) is 34.6 Å². The zero-order valence-electron chi connectivity index (χ0n) is 9.41. The van der Waals surface area contributed by atoms with E-state index in [1.807, 2.05) is 0 Å². The Morgan fingerprint density at radius 3 is 1.75 bits per heavy atom. The molecule has 1 saturated heterocycles. The Bertz CT molecular complexity index is 143. The minimum atomic E-state index is 0.538. The molecular formula is C11H23B. The topological polar surface area (TPSA) is 0 Å². The van der Waals surface area contributed by atoms with E-state index in [1.165, 1.54) is 25.5 Å². The Morgan fingerprint density at radius 1 is 1.00 bits per heavy atom. The minimum absolute atomic E-state index is 0.538. The molecule has 1 aliphatic rings. The van der Waals surface area contributed by atoms with Crippen LogP contribution in [0.5, 0.6) is 0 Å². The fourth-order valence-electron chi connectivity index (χ4n) is 2.27. The second-order valence-corrected chi connectivity index (χ2v) is 6.30. The highest BCUT2D eigenvalue weighted by Crippen LogP contribution is 2.43. The third-order valence-electron chi connectivity index (χ3n) is 3.56. The molecule has 1 aliphatic heterocycles. The maximum absolute atomic E-state index is 2.41. The van der Waals surface area contributed by atoms with Crippen molar-refractivity contribution in [2.75, 3.05) is 0 Å². The Hall–Kier alpha value is 0.0649. The highest BCUT2D eigenvalue weighted by Gasteiger charge is 2.35. The van der Waals surface area contributed by atoms with Crippen LogP contribution in [0.1, 0.15) is 47.5 Å². The van der Waals surface area contributed by atoms with E-state index in [9.17, 15) is 0 Å². The van der Waals surface area contributed by atoms with Gasteiger partial charge in [0.1, 0.15) is 6.71 Å². The van der Waals surface area contributed by atoms with Crippen molar-refractivity contribution in [1.82, 2.24) is 0 Å². The van der Waals surface area contributed by atoms with Gasteiger partial charge in [-0.15, -0.1) is 0 Å². The Labute approximate surface area is 78.2 Å². The molecule has 0 spiro atoms. The summed E-state index contributed by atoms with van der Waals surface area (Å²) in [5.74, 6) is 0. The highest BCUT2D eigenvalue weighted by atomic mass is 14.2. The SMILES string of the molecule is CC1(C)CCB(C(C)(C)C)CC1. The summed E-state index contributed by atoms with van der Waals surface area (Å²) in [5.41, 5.74) is 0.627. The molecule has 0 saturated carbocycles. The van der Waals surface area contributed by atoms with Crippen LogP contribution < -0.4 is 0 Å². The average molecular weight is 166 g/mol. The van der Waals surface area contributed by atoms with Crippen LogP contribution in [-0.2, 0) is 0 Å². The van der Waals surface area contributed by atoms with Crippen molar-refractivity contribution in [2.24, 2.45) is 5.41 Å². The lowest BCUT2D eigenvalue weighted by atomic mass is 9.28. The predicted molar refractivity (Wildman–Crippen MR) is 58.1 cm³/mol. The molecule has 1 heterocycles. The van der Waals surface area contributed by atoms with Crippen LogP contribution in [0.15, 0.2) is 0 Å². The van der Waals surface area contributed by atoms with Gasteiger partial charge in [0.25, 0.3) is 0 Å². The van der Waals surface area contributed by atoms with Crippen LogP contribution in [0.2, 0.25) is 18.0 Å². The van der Waals surface area contributed by atoms with E-state index in [0.29, 0.717) is 10.7 Å². The summed E-state index contributed by atoms with van der Waals surface area (Å²) < 4.78 is 0. The van der Waals surface area contributed by atoms with Crippen molar-refractivity contribution < 1.29 is 0 Å². The first-order valence-corrected chi connectivity index (χ1v) is 5.31. The summed E-state index contributed by atoms with van der Waals surface area (Å²) in [7, 11) is 0. The molecule has 0 unspecified atom stereocenters. The average Bonchev–Trinajstić information content (AvgIpc) is 1.83. The van der Waals surface area contributed by atoms with Crippen molar-refractivity contribution in [3.8, 4) is 0 Å². The van der Waals surface area contributed by atoms with Gasteiger partial charge in [0.05, 0.1) is 0 Å². The van der Waals surface area contributed by atoms with Gasteiger partial charge in [-0.3, -0.25) is 0 Å². The fourth-order valence-corrected chi connectivity index (χ4v) is 2.27. The summed E-state index contributed by atoms with van der Waals surface area (Å²) in [5, 5.41) is 0.538. The lowest BCUT2D eigenvalue weighted by Crippen LogP contribution is -2.33. The zero-order chi connectivity index (χ0) is 9.41. The molecule has 12 heavy (non-hydrogen) atoms. The fraction of sp³-hybridized carbons (Fsp3) is 1.00. The van der Waals surface area contributed by atoms with Gasteiger partial charge in [-0.2, -0.15) is 0 Å². The molecule has 0 atom stereocenters. The third-order valence-corrected chi connectivity index (χ3v) is 3.56. The summed E-state index contributed by atoms with van der Waals surface area (Å²) in [6.45, 7) is 12.9. The van der Waals surface area contributed by atoms with Crippen molar-refractivity contribution in [3.05, 3.63) is 0 Å². The van der Waals surface area contributed by atoms with E-state index in [4.69, 9.17) is 0 Å². The van der Waals surface area contributed by atoms with Gasteiger partial charge in [0.2, 0.25) is 0 Å². The normalized spacial score (nSPS) is 24.2. The van der Waals surface area contributed by atoms with Crippen LogP contribution >= 0.6 is 0 Å². The van der Waals surface area contributed by atoms with E-state index < -0.39 is 0 Å². The summed E-state index contributed by atoms with van der Waals surface area (Å²) >= 11 is 0. The molecule has 70 valence electrons. The van der Waals surface area contributed by atoms with Crippen molar-refractivity contribution in [2.45, 2.75) is 65.4 Å². The van der Waals surface area contributed by atoms with E-state index in [-0.39, 0.29) is 0 Å². The smallest absolute Gasteiger partial charge is 0.0732 e. The lowest BCUT2D eigenvalue weighted by Gasteiger charge is -2.38. The number of hydrogen-bond acceptors (Lipinski definition) is 0. The predicted octanol–water partition coefficient (Wildman–Crippen LogP) is 4.10. The number of hydrogen-bond donors (Lipinski definition) is 0. The zero-order valence-corrected chi connectivity index (χ0v) is 9.41. The quantitative estimate of drug-likeness (QED) is 0.475. The molecule has 0 N–H and O–H groups in total. The van der Waals surface area contributed by atoms with Crippen molar-refractivity contribution in [3.63, 3.8) is 0 Å². The van der Waals surface area contributed by atoms with Crippen molar-refractivity contribution in [1.29, 1.82) is 0 Å². The van der Waals surface area contributed by atoms with E-state index in [1.54, 1.807) is 0 Å². The van der Waals surface area contributed by atoms with Gasteiger partial charge in [0, 0.05) is 0 Å². The minimum Gasteiger partial charge on any atom is -0.0732 e. The molecule has 0 radical (unpaired) electrons. The number of rotatable bonds is 0. The first-order valence-electron chi connectivity index (χ1n) is 5.31. The Morgan fingerprint density at radius 2 is 1.42 bits per heavy atom. The van der Waals surface area contributed by atoms with Gasteiger partial charge < -0.3 is 0 Å². The maximum Gasteiger partial charge on any atom is 0.145 e. The molecule has 0 bridgehead atoms.